The number of aromatic hydroxyl groups is 2. The first-order chi connectivity index (χ1) is 12.3. The number of nitrogens with zero attached hydrogens (tertiary/aromatic N) is 2. The number of hydrogen-bond donors (Lipinski definition) is 4. The summed E-state index contributed by atoms with van der Waals surface area (Å²) >= 11 is 0. The molecular formula is C18H24N3O5+. The first-order valence-electron chi connectivity index (χ1n) is 8.55. The van der Waals surface area contributed by atoms with Gasteiger partial charge in [-0.3, -0.25) is 4.79 Å². The number of nitrogens with one attached hydrogen (secondary N) is 1. The van der Waals surface area contributed by atoms with Crippen molar-refractivity contribution in [3.63, 3.8) is 0 Å². The molecule has 1 aliphatic heterocycles. The third-order valence-electron chi connectivity index (χ3n) is 4.14. The van der Waals surface area contributed by atoms with Gasteiger partial charge >= 0.3 is 5.97 Å². The van der Waals surface area contributed by atoms with E-state index in [1.54, 1.807) is 6.20 Å². The molecule has 1 unspecified atom stereocenters. The van der Waals surface area contributed by atoms with Crippen LogP contribution in [0.15, 0.2) is 35.2 Å². The number of aliphatic imine (C=N–C) groups is 1. The fourth-order valence-corrected chi connectivity index (χ4v) is 2.78. The summed E-state index contributed by atoms with van der Waals surface area (Å²) in [5, 5.41) is 30.6. The van der Waals surface area contributed by atoms with E-state index >= 15 is 0 Å². The summed E-state index contributed by atoms with van der Waals surface area (Å²) in [7, 11) is 0. The largest absolute Gasteiger partial charge is 0.504 e. The number of quaternary nitrogens is 1. The fourth-order valence-electron chi connectivity index (χ4n) is 2.78. The van der Waals surface area contributed by atoms with Crippen molar-refractivity contribution < 1.29 is 29.4 Å². The second-order valence-corrected chi connectivity index (χ2v) is 6.36. The van der Waals surface area contributed by atoms with Crippen LogP contribution in [0.4, 0.5) is 0 Å². The second-order valence-electron chi connectivity index (χ2n) is 6.36. The molecule has 0 fully saturated rings. The standard InChI is InChI=1S/C18H23N3O5/c1-2-3-4-5-8-21(11-17(24)25)10-16(19-12-21)20-18(26)13-6-7-14(22)15(23)9-13/h6-7,9-10,12H,2-5,8,11H2,1H3,(H3-,20,22,23,24,25,26)/p+1. The number of phenols is 2. The minimum Gasteiger partial charge on any atom is -0.504 e. The number of amides is 1. The van der Waals surface area contributed by atoms with Crippen molar-refractivity contribution in [3.05, 3.63) is 35.8 Å². The highest BCUT2D eigenvalue weighted by Crippen LogP contribution is 2.25. The van der Waals surface area contributed by atoms with Crippen molar-refractivity contribution in [1.82, 2.24) is 5.32 Å². The molecule has 0 radical (unpaired) electrons. The summed E-state index contributed by atoms with van der Waals surface area (Å²) in [5.74, 6) is -1.90. The van der Waals surface area contributed by atoms with Crippen LogP contribution < -0.4 is 5.32 Å². The molecule has 0 spiro atoms. The van der Waals surface area contributed by atoms with Crippen molar-refractivity contribution in [2.24, 2.45) is 4.99 Å². The Balaban J connectivity index is 2.08. The molecule has 0 aliphatic carbocycles. The molecule has 140 valence electrons. The van der Waals surface area contributed by atoms with Gasteiger partial charge in [0.05, 0.1) is 6.54 Å². The van der Waals surface area contributed by atoms with Gasteiger partial charge in [0, 0.05) is 5.56 Å². The van der Waals surface area contributed by atoms with Gasteiger partial charge in [-0.25, -0.2) is 9.28 Å². The Bertz CT molecular complexity index is 744. The lowest BCUT2D eigenvalue weighted by atomic mass is 10.2. The summed E-state index contributed by atoms with van der Waals surface area (Å²) in [6.45, 7) is 2.55. The number of unbranched alkanes of at least 4 members (excludes halogenated alkanes) is 3. The van der Waals surface area contributed by atoms with Gasteiger partial charge < -0.3 is 20.6 Å². The van der Waals surface area contributed by atoms with E-state index in [4.69, 9.17) is 0 Å². The summed E-state index contributed by atoms with van der Waals surface area (Å²) in [5.41, 5.74) is 0.155. The molecule has 0 bridgehead atoms. The van der Waals surface area contributed by atoms with Gasteiger partial charge in [0.25, 0.3) is 5.91 Å². The molecule has 1 aliphatic rings. The minimum atomic E-state index is -0.945. The molecule has 8 nitrogen and oxygen atoms in total. The zero-order chi connectivity index (χ0) is 19.2. The quantitative estimate of drug-likeness (QED) is 0.305. The molecule has 1 aromatic carbocycles. The zero-order valence-corrected chi connectivity index (χ0v) is 14.7. The Morgan fingerprint density at radius 1 is 1.15 bits per heavy atom. The van der Waals surface area contributed by atoms with E-state index in [9.17, 15) is 24.9 Å². The van der Waals surface area contributed by atoms with E-state index in [1.165, 1.54) is 18.5 Å². The zero-order valence-electron chi connectivity index (χ0n) is 14.7. The van der Waals surface area contributed by atoms with Gasteiger partial charge in [0.2, 0.25) is 0 Å². The van der Waals surface area contributed by atoms with Crippen LogP contribution in [0.3, 0.4) is 0 Å². The van der Waals surface area contributed by atoms with Crippen molar-refractivity contribution in [2.45, 2.75) is 32.6 Å². The van der Waals surface area contributed by atoms with E-state index in [-0.39, 0.29) is 28.2 Å². The first-order valence-corrected chi connectivity index (χ1v) is 8.55. The summed E-state index contributed by atoms with van der Waals surface area (Å²) in [6.07, 6.45) is 7.19. The predicted octanol–water partition coefficient (Wildman–Crippen LogP) is 2.15. The topological polar surface area (TPSA) is 119 Å². The van der Waals surface area contributed by atoms with Crippen LogP contribution in [0, 0.1) is 0 Å². The van der Waals surface area contributed by atoms with Crippen LogP contribution in [0.25, 0.3) is 0 Å². The lowest BCUT2D eigenvalue weighted by molar-refractivity contribution is -0.771. The van der Waals surface area contributed by atoms with Crippen molar-refractivity contribution in [3.8, 4) is 11.5 Å². The smallest absolute Gasteiger partial charge is 0.360 e. The minimum absolute atomic E-state index is 0.0511. The van der Waals surface area contributed by atoms with E-state index < -0.39 is 17.6 Å². The number of carbonyl (C=O) groups is 2. The van der Waals surface area contributed by atoms with Crippen LogP contribution >= 0.6 is 0 Å². The Labute approximate surface area is 151 Å². The maximum atomic E-state index is 12.3. The second kappa shape index (κ2) is 8.48. The Kier molecular flexibility index (Phi) is 6.35. The maximum Gasteiger partial charge on any atom is 0.360 e. The molecule has 1 atom stereocenters. The van der Waals surface area contributed by atoms with Gasteiger partial charge in [-0.2, -0.15) is 4.99 Å². The van der Waals surface area contributed by atoms with E-state index in [0.717, 1.165) is 31.7 Å². The monoisotopic (exact) mass is 362 g/mol. The van der Waals surface area contributed by atoms with E-state index in [0.29, 0.717) is 6.54 Å². The molecule has 0 saturated carbocycles. The molecule has 4 N–H and O–H groups in total. The number of benzene rings is 1. The third-order valence-corrected chi connectivity index (χ3v) is 4.14. The normalized spacial score (nSPS) is 18.6. The molecule has 0 aromatic heterocycles. The maximum absolute atomic E-state index is 12.3. The van der Waals surface area contributed by atoms with Crippen LogP contribution in [0.1, 0.15) is 43.0 Å². The predicted molar refractivity (Wildman–Crippen MR) is 95.6 cm³/mol. The van der Waals surface area contributed by atoms with E-state index in [1.807, 2.05) is 0 Å². The average Bonchev–Trinajstić information content (AvgIpc) is 2.96. The Hall–Kier alpha value is -2.87. The third kappa shape index (κ3) is 5.06. The van der Waals surface area contributed by atoms with Crippen LogP contribution in [-0.4, -0.2) is 51.1 Å². The summed E-state index contributed by atoms with van der Waals surface area (Å²) in [4.78, 5) is 27.6. The highest BCUT2D eigenvalue weighted by Gasteiger charge is 2.32. The molecule has 1 amide bonds. The highest BCUT2D eigenvalue weighted by molar-refractivity contribution is 5.96. The lowest BCUT2D eigenvalue weighted by Crippen LogP contribution is -2.45. The van der Waals surface area contributed by atoms with Gasteiger partial charge in [0.1, 0.15) is 6.20 Å². The van der Waals surface area contributed by atoms with Crippen molar-refractivity contribution >= 4 is 18.2 Å². The molecule has 1 heterocycles. The highest BCUT2D eigenvalue weighted by atomic mass is 16.4. The number of carboxylic acid groups (broad SMARTS) is 1. The number of carbonyl (C=O) groups excluding carboxylic acids is 1. The lowest BCUT2D eigenvalue weighted by Gasteiger charge is -2.25. The molecule has 1 aromatic rings. The van der Waals surface area contributed by atoms with Crippen LogP contribution in [0.2, 0.25) is 0 Å². The Morgan fingerprint density at radius 2 is 1.92 bits per heavy atom. The number of aliphatic carboxylic acids is 1. The number of hydrogen-bond acceptors (Lipinski definition) is 5. The first kappa shape index (κ1) is 19.5. The van der Waals surface area contributed by atoms with Crippen LogP contribution in [-0.2, 0) is 4.79 Å². The van der Waals surface area contributed by atoms with Gasteiger partial charge in [-0.15, -0.1) is 0 Å². The average molecular weight is 362 g/mol. The Morgan fingerprint density at radius 3 is 2.58 bits per heavy atom. The molecule has 0 saturated heterocycles. The number of rotatable bonds is 9. The van der Waals surface area contributed by atoms with Gasteiger partial charge in [-0.05, 0) is 31.0 Å². The molecule has 26 heavy (non-hydrogen) atoms. The summed E-state index contributed by atoms with van der Waals surface area (Å²) < 4.78 is 0.0511. The van der Waals surface area contributed by atoms with E-state index in [2.05, 4.69) is 17.2 Å². The molecule has 8 heteroatoms. The van der Waals surface area contributed by atoms with Crippen molar-refractivity contribution in [1.29, 1.82) is 0 Å². The van der Waals surface area contributed by atoms with Gasteiger partial charge in [0.15, 0.2) is 30.2 Å². The fraction of sp³-hybridized carbons (Fsp3) is 0.389. The van der Waals surface area contributed by atoms with Crippen LogP contribution in [0.5, 0.6) is 11.5 Å². The van der Waals surface area contributed by atoms with Crippen molar-refractivity contribution in [2.75, 3.05) is 13.1 Å². The summed E-state index contributed by atoms with van der Waals surface area (Å²) in [6, 6.07) is 3.73. The molecular weight excluding hydrogens is 338 g/mol. The number of phenolic OH excluding ortho intramolecular Hbond substituents is 2. The molecule has 2 rings (SSSR count). The SMILES string of the molecule is CCCCCC[N+]1(CC(=O)O)C=NC(NC(=O)c2ccc(O)c(O)c2)=C1. The number of carboxylic acids is 1. The van der Waals surface area contributed by atoms with Gasteiger partial charge in [-0.1, -0.05) is 19.8 Å².